The van der Waals surface area contributed by atoms with E-state index in [2.05, 4.69) is 37.5 Å². The summed E-state index contributed by atoms with van der Waals surface area (Å²) < 4.78 is 38.4. The average Bonchev–Trinajstić information content (AvgIpc) is 3.09. The smallest absolute Gasteiger partial charge is 0.361 e. The summed E-state index contributed by atoms with van der Waals surface area (Å²) in [5, 5.41) is 0. The molecular weight excluding hydrogens is 560 g/mol. The summed E-state index contributed by atoms with van der Waals surface area (Å²) in [4.78, 5) is 47.0. The highest BCUT2D eigenvalue weighted by molar-refractivity contribution is 7.91. The van der Waals surface area contributed by atoms with E-state index in [1.54, 1.807) is 36.9 Å². The zero-order valence-corrected chi connectivity index (χ0v) is 26.8. The van der Waals surface area contributed by atoms with Crippen LogP contribution in [0.4, 0.5) is 4.79 Å². The molecule has 1 aromatic rings. The van der Waals surface area contributed by atoms with Crippen LogP contribution in [0.25, 0.3) is 0 Å². The fourth-order valence-electron chi connectivity index (χ4n) is 4.98. The van der Waals surface area contributed by atoms with Crippen molar-refractivity contribution in [3.05, 3.63) is 42.5 Å². The van der Waals surface area contributed by atoms with Gasteiger partial charge < -0.3 is 24.2 Å². The standard InChI is InChI=1S/C30H48N4O7S/c1-7-31(8-2)20-14-22-33(23-15-21-32(9-3)10-4)29(37)34(25(5)6)30(40-27(35)18-19-28(36)41-30)24-42(38,39)26-16-12-11-13-17-26/h11-13,16-19,25H,7-10,14-15,20-24H2,1-6H3. The summed E-state index contributed by atoms with van der Waals surface area (Å²) in [7, 11) is -4.20. The summed E-state index contributed by atoms with van der Waals surface area (Å²) in [6.45, 7) is 17.5. The molecule has 0 aliphatic carbocycles. The molecule has 0 aromatic heterocycles. The van der Waals surface area contributed by atoms with E-state index in [1.807, 2.05) is 0 Å². The maximum absolute atomic E-state index is 14.4. The zero-order valence-electron chi connectivity index (χ0n) is 26.0. The Labute approximate surface area is 251 Å². The minimum Gasteiger partial charge on any atom is -0.399 e. The van der Waals surface area contributed by atoms with Gasteiger partial charge in [0.1, 0.15) is 0 Å². The van der Waals surface area contributed by atoms with Gasteiger partial charge in [-0.2, -0.15) is 0 Å². The van der Waals surface area contributed by atoms with Crippen LogP contribution < -0.4 is 0 Å². The highest BCUT2D eigenvalue weighted by atomic mass is 32.2. The van der Waals surface area contributed by atoms with Gasteiger partial charge in [0, 0.05) is 31.3 Å². The van der Waals surface area contributed by atoms with E-state index in [0.717, 1.165) is 56.3 Å². The van der Waals surface area contributed by atoms with Crippen LogP contribution in [0.1, 0.15) is 54.4 Å². The van der Waals surface area contributed by atoms with E-state index in [4.69, 9.17) is 9.47 Å². The number of carbonyl (C=O) groups excluding carboxylic acids is 3. The van der Waals surface area contributed by atoms with Crippen molar-refractivity contribution in [3.8, 4) is 0 Å². The molecule has 12 heteroatoms. The van der Waals surface area contributed by atoms with Gasteiger partial charge in [0.05, 0.1) is 4.90 Å². The van der Waals surface area contributed by atoms with Crippen molar-refractivity contribution >= 4 is 27.8 Å². The van der Waals surface area contributed by atoms with Gasteiger partial charge in [0.2, 0.25) is 0 Å². The third kappa shape index (κ3) is 9.81. The number of urea groups is 1. The molecule has 0 radical (unpaired) electrons. The van der Waals surface area contributed by atoms with E-state index in [-0.39, 0.29) is 4.90 Å². The molecule has 2 rings (SSSR count). The topological polar surface area (TPSA) is 117 Å². The number of sulfone groups is 1. The molecule has 0 bridgehead atoms. The lowest BCUT2D eigenvalue weighted by Crippen LogP contribution is -2.65. The van der Waals surface area contributed by atoms with Gasteiger partial charge in [-0.1, -0.05) is 45.9 Å². The van der Waals surface area contributed by atoms with Crippen molar-refractivity contribution in [2.75, 3.05) is 58.1 Å². The van der Waals surface area contributed by atoms with Crippen molar-refractivity contribution in [2.24, 2.45) is 0 Å². The maximum Gasteiger partial charge on any atom is 0.361 e. The van der Waals surface area contributed by atoms with Crippen LogP contribution in [0.3, 0.4) is 0 Å². The quantitative estimate of drug-likeness (QED) is 0.246. The van der Waals surface area contributed by atoms with Crippen molar-refractivity contribution in [1.29, 1.82) is 0 Å². The largest absolute Gasteiger partial charge is 0.399 e. The molecule has 1 aliphatic rings. The Balaban J connectivity index is 2.52. The minimum absolute atomic E-state index is 0.0554. The molecule has 42 heavy (non-hydrogen) atoms. The third-order valence-corrected chi connectivity index (χ3v) is 9.04. The SMILES string of the molecule is CCN(CC)CCCN(CCCN(CC)CC)C(=O)N(C(C)C)C1(CS(=O)(=O)c2ccccc2)OC(=O)C=CC(=O)O1. The third-order valence-electron chi connectivity index (χ3n) is 7.30. The normalized spacial score (nSPS) is 15.1. The van der Waals surface area contributed by atoms with Crippen LogP contribution >= 0.6 is 0 Å². The van der Waals surface area contributed by atoms with Crippen LogP contribution in [0.5, 0.6) is 0 Å². The molecule has 0 fully saturated rings. The van der Waals surface area contributed by atoms with Crippen LogP contribution in [-0.2, 0) is 28.9 Å². The summed E-state index contributed by atoms with van der Waals surface area (Å²) >= 11 is 0. The number of hydrogen-bond acceptors (Lipinski definition) is 9. The predicted octanol–water partition coefficient (Wildman–Crippen LogP) is 3.37. The van der Waals surface area contributed by atoms with Gasteiger partial charge in [0.15, 0.2) is 15.6 Å². The molecule has 2 amide bonds. The first-order valence-electron chi connectivity index (χ1n) is 14.9. The number of nitrogens with zero attached hydrogens (tertiary/aromatic N) is 4. The molecular formula is C30H48N4O7S. The van der Waals surface area contributed by atoms with Gasteiger partial charge in [-0.15, -0.1) is 0 Å². The molecule has 0 atom stereocenters. The Hall–Kier alpha value is -2.96. The van der Waals surface area contributed by atoms with Crippen LogP contribution in [0, 0.1) is 0 Å². The molecule has 1 aliphatic heterocycles. The van der Waals surface area contributed by atoms with E-state index >= 15 is 0 Å². The highest BCUT2D eigenvalue weighted by Crippen LogP contribution is 2.31. The first-order chi connectivity index (χ1) is 19.9. The lowest BCUT2D eigenvalue weighted by molar-refractivity contribution is -0.263. The van der Waals surface area contributed by atoms with Crippen LogP contribution in [-0.4, -0.2) is 116 Å². The average molecular weight is 609 g/mol. The molecule has 11 nitrogen and oxygen atoms in total. The zero-order chi connectivity index (χ0) is 31.3. The Kier molecular flexibility index (Phi) is 13.9. The fourth-order valence-corrected chi connectivity index (χ4v) is 6.46. The Morgan fingerprint density at radius 2 is 1.24 bits per heavy atom. The summed E-state index contributed by atoms with van der Waals surface area (Å²) in [6, 6.07) is 6.31. The number of cyclic esters (lactones) is 2. The van der Waals surface area contributed by atoms with Gasteiger partial charge >= 0.3 is 23.9 Å². The molecule has 0 saturated heterocycles. The van der Waals surface area contributed by atoms with Crippen molar-refractivity contribution in [3.63, 3.8) is 0 Å². The van der Waals surface area contributed by atoms with Crippen LogP contribution in [0.2, 0.25) is 0 Å². The summed E-state index contributed by atoms with van der Waals surface area (Å²) in [6.07, 6.45) is 3.10. The molecule has 0 saturated carbocycles. The predicted molar refractivity (Wildman–Crippen MR) is 161 cm³/mol. The highest BCUT2D eigenvalue weighted by Gasteiger charge is 2.54. The lowest BCUT2D eigenvalue weighted by atomic mass is 10.2. The van der Waals surface area contributed by atoms with Gasteiger partial charge in [-0.3, -0.25) is 0 Å². The minimum atomic E-state index is -4.20. The first-order valence-corrected chi connectivity index (χ1v) is 16.5. The number of benzene rings is 1. The van der Waals surface area contributed by atoms with E-state index in [9.17, 15) is 22.8 Å². The van der Waals surface area contributed by atoms with Crippen molar-refractivity contribution in [1.82, 2.24) is 19.6 Å². The van der Waals surface area contributed by atoms with Crippen LogP contribution in [0.15, 0.2) is 47.4 Å². The fraction of sp³-hybridized carbons (Fsp3) is 0.633. The second kappa shape index (κ2) is 16.6. The second-order valence-corrected chi connectivity index (χ2v) is 12.4. The van der Waals surface area contributed by atoms with E-state index in [1.165, 1.54) is 12.1 Å². The van der Waals surface area contributed by atoms with Crippen molar-refractivity contribution in [2.45, 2.75) is 71.2 Å². The van der Waals surface area contributed by atoms with Gasteiger partial charge in [0.25, 0.3) is 0 Å². The number of amides is 2. The van der Waals surface area contributed by atoms with Gasteiger partial charge in [-0.25, -0.2) is 27.7 Å². The van der Waals surface area contributed by atoms with E-state index < -0.39 is 45.5 Å². The Bertz CT molecular complexity index is 1110. The molecule has 1 aromatic carbocycles. The number of ether oxygens (including phenoxy) is 2. The number of carbonyl (C=O) groups is 3. The monoisotopic (exact) mass is 608 g/mol. The van der Waals surface area contributed by atoms with E-state index in [0.29, 0.717) is 25.9 Å². The molecule has 236 valence electrons. The molecule has 0 spiro atoms. The number of hydrogen-bond donors (Lipinski definition) is 0. The van der Waals surface area contributed by atoms with Crippen molar-refractivity contribution < 1.29 is 32.3 Å². The number of rotatable bonds is 17. The molecule has 0 unspecified atom stereocenters. The lowest BCUT2D eigenvalue weighted by Gasteiger charge is -2.44. The second-order valence-electron chi connectivity index (χ2n) is 10.5. The molecule has 1 heterocycles. The Morgan fingerprint density at radius 3 is 1.64 bits per heavy atom. The Morgan fingerprint density at radius 1 is 0.786 bits per heavy atom. The first kappa shape index (κ1) is 35.2. The van der Waals surface area contributed by atoms with Gasteiger partial charge in [-0.05, 0) is 78.1 Å². The summed E-state index contributed by atoms with van der Waals surface area (Å²) in [5.74, 6) is -5.46. The maximum atomic E-state index is 14.4. The molecule has 0 N–H and O–H groups in total. The number of esters is 2. The summed E-state index contributed by atoms with van der Waals surface area (Å²) in [5.41, 5.74) is 0.